The molecule has 0 spiro atoms. The third-order valence-electron chi connectivity index (χ3n) is 3.70. The fourth-order valence-corrected chi connectivity index (χ4v) is 2.59. The third-order valence-corrected chi connectivity index (χ3v) is 3.70. The molecule has 1 aromatic heterocycles. The van der Waals surface area contributed by atoms with Gasteiger partial charge in [-0.05, 0) is 50.4 Å². The van der Waals surface area contributed by atoms with E-state index in [1.165, 1.54) is 6.07 Å². The Balaban J connectivity index is 2.06. The molecule has 118 valence electrons. The molecule has 0 atom stereocenters. The van der Waals surface area contributed by atoms with Crippen molar-refractivity contribution in [2.24, 2.45) is 5.92 Å². The zero-order valence-corrected chi connectivity index (χ0v) is 12.2. The van der Waals surface area contributed by atoms with Crippen molar-refractivity contribution < 1.29 is 13.2 Å². The highest BCUT2D eigenvalue weighted by Gasteiger charge is 2.33. The molecule has 0 aromatic carbocycles. The SMILES string of the molecule is CCCN(CC1CCNCC1)c1ccc(C(F)(F)F)nn1. The van der Waals surface area contributed by atoms with Gasteiger partial charge in [0.1, 0.15) is 0 Å². The van der Waals surface area contributed by atoms with E-state index < -0.39 is 11.9 Å². The monoisotopic (exact) mass is 302 g/mol. The predicted molar refractivity (Wildman–Crippen MR) is 75.1 cm³/mol. The zero-order valence-electron chi connectivity index (χ0n) is 12.2. The summed E-state index contributed by atoms with van der Waals surface area (Å²) in [4.78, 5) is 2.04. The summed E-state index contributed by atoms with van der Waals surface area (Å²) in [6, 6.07) is 2.43. The molecular formula is C14H21F3N4. The quantitative estimate of drug-likeness (QED) is 0.908. The minimum atomic E-state index is -4.43. The van der Waals surface area contributed by atoms with Crippen LogP contribution in [0.2, 0.25) is 0 Å². The topological polar surface area (TPSA) is 41.0 Å². The van der Waals surface area contributed by atoms with Crippen LogP contribution in [0, 0.1) is 5.92 Å². The van der Waals surface area contributed by atoms with Gasteiger partial charge in [-0.2, -0.15) is 13.2 Å². The van der Waals surface area contributed by atoms with Crippen LogP contribution in [0.15, 0.2) is 12.1 Å². The minimum absolute atomic E-state index is 0.531. The number of piperidine rings is 1. The molecule has 1 fully saturated rings. The first-order chi connectivity index (χ1) is 10.0. The number of halogens is 3. The molecule has 4 nitrogen and oxygen atoms in total. The summed E-state index contributed by atoms with van der Waals surface area (Å²) in [5, 5.41) is 10.4. The first-order valence-electron chi connectivity index (χ1n) is 7.37. The van der Waals surface area contributed by atoms with Crippen LogP contribution in [0.5, 0.6) is 0 Å². The van der Waals surface area contributed by atoms with Gasteiger partial charge in [-0.3, -0.25) is 0 Å². The molecule has 0 bridgehead atoms. The van der Waals surface area contributed by atoms with E-state index in [9.17, 15) is 13.2 Å². The van der Waals surface area contributed by atoms with Crippen molar-refractivity contribution >= 4 is 5.82 Å². The lowest BCUT2D eigenvalue weighted by molar-refractivity contribution is -0.141. The Hall–Kier alpha value is -1.37. The normalized spacial score (nSPS) is 17.0. The van der Waals surface area contributed by atoms with E-state index >= 15 is 0 Å². The highest BCUT2D eigenvalue weighted by Crippen LogP contribution is 2.28. The van der Waals surface area contributed by atoms with Crippen molar-refractivity contribution in [2.75, 3.05) is 31.1 Å². The number of hydrogen-bond acceptors (Lipinski definition) is 4. The van der Waals surface area contributed by atoms with Crippen molar-refractivity contribution in [3.8, 4) is 0 Å². The average molecular weight is 302 g/mol. The van der Waals surface area contributed by atoms with Crippen molar-refractivity contribution in [3.63, 3.8) is 0 Å². The van der Waals surface area contributed by atoms with Gasteiger partial charge in [-0.15, -0.1) is 10.2 Å². The molecule has 1 aromatic rings. The van der Waals surface area contributed by atoms with Gasteiger partial charge in [0.15, 0.2) is 11.5 Å². The molecule has 0 saturated carbocycles. The highest BCUT2D eigenvalue weighted by atomic mass is 19.4. The van der Waals surface area contributed by atoms with Crippen molar-refractivity contribution in [2.45, 2.75) is 32.4 Å². The number of nitrogens with one attached hydrogen (secondary N) is 1. The van der Waals surface area contributed by atoms with Crippen LogP contribution in [0.3, 0.4) is 0 Å². The number of nitrogens with zero attached hydrogens (tertiary/aromatic N) is 3. The van der Waals surface area contributed by atoms with Crippen LogP contribution in [0.4, 0.5) is 19.0 Å². The fourth-order valence-electron chi connectivity index (χ4n) is 2.59. The summed E-state index contributed by atoms with van der Waals surface area (Å²) >= 11 is 0. The van der Waals surface area contributed by atoms with E-state index in [2.05, 4.69) is 15.5 Å². The Bertz CT molecular complexity index is 427. The maximum Gasteiger partial charge on any atom is 0.435 e. The fraction of sp³-hybridized carbons (Fsp3) is 0.714. The van der Waals surface area contributed by atoms with Gasteiger partial charge in [0.2, 0.25) is 0 Å². The molecule has 2 rings (SSSR count). The maximum atomic E-state index is 12.5. The lowest BCUT2D eigenvalue weighted by Crippen LogP contribution is -2.37. The molecule has 1 aliphatic rings. The molecule has 0 unspecified atom stereocenters. The van der Waals surface area contributed by atoms with Gasteiger partial charge in [-0.25, -0.2) is 0 Å². The second kappa shape index (κ2) is 7.06. The van der Waals surface area contributed by atoms with E-state index in [4.69, 9.17) is 0 Å². The van der Waals surface area contributed by atoms with Gasteiger partial charge in [0.25, 0.3) is 0 Å². The average Bonchev–Trinajstić information content (AvgIpc) is 2.47. The number of rotatable bonds is 5. The smallest absolute Gasteiger partial charge is 0.355 e. The second-order valence-corrected chi connectivity index (χ2v) is 5.41. The third kappa shape index (κ3) is 4.56. The van der Waals surface area contributed by atoms with E-state index in [-0.39, 0.29) is 0 Å². The van der Waals surface area contributed by atoms with Gasteiger partial charge >= 0.3 is 6.18 Å². The Morgan fingerprint density at radius 1 is 1.24 bits per heavy atom. The van der Waals surface area contributed by atoms with Crippen LogP contribution >= 0.6 is 0 Å². The lowest BCUT2D eigenvalue weighted by Gasteiger charge is -2.30. The van der Waals surface area contributed by atoms with E-state index in [1.54, 1.807) is 0 Å². The summed E-state index contributed by atoms with van der Waals surface area (Å²) in [7, 11) is 0. The lowest BCUT2D eigenvalue weighted by atomic mass is 9.97. The molecule has 0 amide bonds. The summed E-state index contributed by atoms with van der Waals surface area (Å²) in [6.07, 6.45) is -1.33. The molecular weight excluding hydrogens is 281 g/mol. The molecule has 21 heavy (non-hydrogen) atoms. The van der Waals surface area contributed by atoms with Crippen molar-refractivity contribution in [1.29, 1.82) is 0 Å². The molecule has 0 radical (unpaired) electrons. The Labute approximate surface area is 122 Å². The Kier molecular flexibility index (Phi) is 5.39. The van der Waals surface area contributed by atoms with E-state index in [0.717, 1.165) is 51.5 Å². The standard InChI is InChI=1S/C14H21F3N4/c1-2-9-21(10-11-5-7-18-8-6-11)13-4-3-12(19-20-13)14(15,16)17/h3-4,11,18H,2,5-10H2,1H3. The molecule has 1 saturated heterocycles. The molecule has 1 aliphatic heterocycles. The Morgan fingerprint density at radius 3 is 2.48 bits per heavy atom. The number of anilines is 1. The summed E-state index contributed by atoms with van der Waals surface area (Å²) < 4.78 is 37.6. The van der Waals surface area contributed by atoms with Crippen molar-refractivity contribution in [1.82, 2.24) is 15.5 Å². The van der Waals surface area contributed by atoms with Crippen LogP contribution in [0.1, 0.15) is 31.9 Å². The van der Waals surface area contributed by atoms with E-state index in [1.807, 2.05) is 11.8 Å². The highest BCUT2D eigenvalue weighted by molar-refractivity contribution is 5.37. The van der Waals surface area contributed by atoms with Gasteiger partial charge in [-0.1, -0.05) is 6.92 Å². The first-order valence-corrected chi connectivity index (χ1v) is 7.37. The van der Waals surface area contributed by atoms with Gasteiger partial charge in [0, 0.05) is 13.1 Å². The van der Waals surface area contributed by atoms with Crippen LogP contribution in [-0.4, -0.2) is 36.4 Å². The van der Waals surface area contributed by atoms with Crippen LogP contribution in [-0.2, 0) is 6.18 Å². The largest absolute Gasteiger partial charge is 0.435 e. The number of aromatic nitrogens is 2. The predicted octanol–water partition coefficient (Wildman–Crippen LogP) is 2.71. The molecule has 0 aliphatic carbocycles. The molecule has 2 heterocycles. The number of hydrogen-bond donors (Lipinski definition) is 1. The number of alkyl halides is 3. The summed E-state index contributed by atoms with van der Waals surface area (Å²) in [6.45, 7) is 5.67. The Morgan fingerprint density at radius 2 is 1.95 bits per heavy atom. The molecule has 1 N–H and O–H groups in total. The van der Waals surface area contributed by atoms with Gasteiger partial charge < -0.3 is 10.2 Å². The summed E-state index contributed by atoms with van der Waals surface area (Å²) in [5.41, 5.74) is -0.940. The maximum absolute atomic E-state index is 12.5. The van der Waals surface area contributed by atoms with Crippen LogP contribution in [0.25, 0.3) is 0 Å². The van der Waals surface area contributed by atoms with Crippen LogP contribution < -0.4 is 10.2 Å². The second-order valence-electron chi connectivity index (χ2n) is 5.41. The zero-order chi connectivity index (χ0) is 15.3. The summed E-state index contributed by atoms with van der Waals surface area (Å²) in [5.74, 6) is 1.09. The van der Waals surface area contributed by atoms with E-state index in [0.29, 0.717) is 11.7 Å². The first kappa shape index (κ1) is 16.0. The molecule has 7 heteroatoms. The minimum Gasteiger partial charge on any atom is -0.355 e. The van der Waals surface area contributed by atoms with Gasteiger partial charge in [0.05, 0.1) is 0 Å². The van der Waals surface area contributed by atoms with Crippen molar-refractivity contribution in [3.05, 3.63) is 17.8 Å².